The zero-order valence-corrected chi connectivity index (χ0v) is 22.2. The summed E-state index contributed by atoms with van der Waals surface area (Å²) in [4.78, 5) is 11.7. The Bertz CT molecular complexity index is 1210. The molecule has 8 nitrogen and oxygen atoms in total. The molecule has 0 amide bonds. The first-order valence-corrected chi connectivity index (χ1v) is 13.7. The fraction of sp³-hybridized carbons (Fsp3) is 0.400. The van der Waals surface area contributed by atoms with Crippen molar-refractivity contribution in [1.29, 1.82) is 0 Å². The molecule has 1 atom stereocenters. The van der Waals surface area contributed by atoms with Crippen LogP contribution in [-0.2, 0) is 6.54 Å². The van der Waals surface area contributed by atoms with Crippen molar-refractivity contribution in [1.82, 2.24) is 25.5 Å². The molecule has 1 unspecified atom stereocenters. The highest BCUT2D eigenvalue weighted by atomic mass is 16.5. The van der Waals surface area contributed by atoms with Gasteiger partial charge in [0.15, 0.2) is 0 Å². The molecule has 8 heteroatoms. The maximum absolute atomic E-state index is 5.95. The van der Waals surface area contributed by atoms with Crippen LogP contribution in [0.1, 0.15) is 24.8 Å². The lowest BCUT2D eigenvalue weighted by Gasteiger charge is -2.31. The lowest BCUT2D eigenvalue weighted by atomic mass is 10.1. The van der Waals surface area contributed by atoms with Crippen LogP contribution in [0.15, 0.2) is 66.9 Å². The van der Waals surface area contributed by atoms with Gasteiger partial charge < -0.3 is 30.9 Å². The van der Waals surface area contributed by atoms with Crippen LogP contribution in [0.5, 0.6) is 5.75 Å². The van der Waals surface area contributed by atoms with E-state index in [1.165, 1.54) is 18.4 Å². The number of rotatable bonds is 5. The van der Waals surface area contributed by atoms with Gasteiger partial charge in [-0.1, -0.05) is 24.3 Å². The molecule has 0 saturated carbocycles. The quantitative estimate of drug-likeness (QED) is 0.373. The van der Waals surface area contributed by atoms with Gasteiger partial charge in [0.1, 0.15) is 5.75 Å². The molecule has 2 aliphatic rings. The van der Waals surface area contributed by atoms with E-state index >= 15 is 0 Å². The van der Waals surface area contributed by atoms with Gasteiger partial charge in [0.05, 0.1) is 12.3 Å². The van der Waals surface area contributed by atoms with Gasteiger partial charge in [0.2, 0.25) is 5.95 Å². The average Bonchev–Trinajstić information content (AvgIpc) is 2.95. The van der Waals surface area contributed by atoms with E-state index in [9.17, 15) is 0 Å². The number of hydrogen-bond acceptors (Lipinski definition) is 8. The van der Waals surface area contributed by atoms with Gasteiger partial charge in [-0.25, -0.2) is 9.97 Å². The summed E-state index contributed by atoms with van der Waals surface area (Å²) >= 11 is 0. The van der Waals surface area contributed by atoms with Crippen LogP contribution < -0.4 is 26.0 Å². The first-order chi connectivity index (χ1) is 18.7. The molecule has 200 valence electrons. The van der Waals surface area contributed by atoms with Crippen molar-refractivity contribution in [3.8, 4) is 17.0 Å². The molecule has 4 N–H and O–H groups in total. The van der Waals surface area contributed by atoms with Crippen molar-refractivity contribution in [3.05, 3.63) is 72.4 Å². The van der Waals surface area contributed by atoms with Crippen LogP contribution >= 0.6 is 0 Å². The van der Waals surface area contributed by atoms with Crippen LogP contribution in [0.4, 0.5) is 17.3 Å². The number of aromatic nitrogens is 2. The molecule has 1 saturated heterocycles. The third-order valence-corrected chi connectivity index (χ3v) is 7.03. The van der Waals surface area contributed by atoms with E-state index in [4.69, 9.17) is 9.72 Å². The maximum Gasteiger partial charge on any atom is 0.227 e. The topological polar surface area (TPSA) is 86.4 Å². The summed E-state index contributed by atoms with van der Waals surface area (Å²) in [5, 5.41) is 14.1. The number of ether oxygens (including phenoxy) is 1. The van der Waals surface area contributed by atoms with Crippen molar-refractivity contribution in [3.63, 3.8) is 0 Å². The maximum atomic E-state index is 5.95. The van der Waals surface area contributed by atoms with E-state index in [0.717, 1.165) is 74.1 Å². The van der Waals surface area contributed by atoms with Crippen molar-refractivity contribution in [2.75, 3.05) is 57.0 Å². The van der Waals surface area contributed by atoms with Crippen molar-refractivity contribution in [2.24, 2.45) is 0 Å². The first-order valence-electron chi connectivity index (χ1n) is 13.7. The number of hydrogen-bond donors (Lipinski definition) is 4. The fourth-order valence-corrected chi connectivity index (χ4v) is 4.94. The third-order valence-electron chi connectivity index (χ3n) is 7.03. The molecule has 2 aliphatic heterocycles. The second-order valence-electron chi connectivity index (χ2n) is 9.98. The molecule has 0 radical (unpaired) electrons. The van der Waals surface area contributed by atoms with E-state index in [0.29, 0.717) is 18.6 Å². The Kier molecular flexibility index (Phi) is 9.20. The molecule has 3 aromatic rings. The third kappa shape index (κ3) is 7.54. The Balaban J connectivity index is 1.33. The highest BCUT2D eigenvalue weighted by molar-refractivity contribution is 5.66. The summed E-state index contributed by atoms with van der Waals surface area (Å²) in [5.74, 6) is 1.41. The zero-order chi connectivity index (χ0) is 26.0. The smallest absolute Gasteiger partial charge is 0.227 e. The van der Waals surface area contributed by atoms with Gasteiger partial charge in [-0.2, -0.15) is 0 Å². The molecule has 1 fully saturated rings. The molecule has 5 rings (SSSR count). The summed E-state index contributed by atoms with van der Waals surface area (Å²) in [6.07, 6.45) is 9.51. The van der Waals surface area contributed by atoms with Gasteiger partial charge in [-0.05, 0) is 74.8 Å². The second-order valence-corrected chi connectivity index (χ2v) is 9.98. The van der Waals surface area contributed by atoms with Gasteiger partial charge >= 0.3 is 0 Å². The first kappa shape index (κ1) is 26.2. The van der Waals surface area contributed by atoms with Crippen LogP contribution in [0.3, 0.4) is 0 Å². The Morgan fingerprint density at radius 2 is 2.08 bits per heavy atom. The van der Waals surface area contributed by atoms with Crippen molar-refractivity contribution < 1.29 is 4.74 Å². The molecule has 0 aliphatic carbocycles. The molecule has 6 bridgehead atoms. The van der Waals surface area contributed by atoms with E-state index in [2.05, 4.69) is 68.5 Å². The molecule has 38 heavy (non-hydrogen) atoms. The fourth-order valence-electron chi connectivity index (χ4n) is 4.94. The number of benzene rings is 2. The van der Waals surface area contributed by atoms with Crippen LogP contribution in [-0.4, -0.2) is 67.3 Å². The second kappa shape index (κ2) is 13.4. The Labute approximate surface area is 225 Å². The largest absolute Gasteiger partial charge is 0.493 e. The summed E-state index contributed by atoms with van der Waals surface area (Å²) in [7, 11) is 2.23. The van der Waals surface area contributed by atoms with E-state index < -0.39 is 0 Å². The molecular formula is C30H39N7O. The van der Waals surface area contributed by atoms with Crippen molar-refractivity contribution in [2.45, 2.75) is 31.8 Å². The summed E-state index contributed by atoms with van der Waals surface area (Å²) in [5.41, 5.74) is 5.10. The van der Waals surface area contributed by atoms with Crippen LogP contribution in [0, 0.1) is 0 Å². The minimum absolute atomic E-state index is 0.568. The molecule has 1 aromatic heterocycles. The summed E-state index contributed by atoms with van der Waals surface area (Å²) in [6.45, 7) is 6.32. The average molecular weight is 514 g/mol. The Hall–Kier alpha value is -3.46. The Morgan fingerprint density at radius 1 is 1.11 bits per heavy atom. The summed E-state index contributed by atoms with van der Waals surface area (Å²) < 4.78 is 5.95. The van der Waals surface area contributed by atoms with Crippen molar-refractivity contribution >= 4 is 17.3 Å². The number of nitrogens with one attached hydrogen (secondary N) is 4. The van der Waals surface area contributed by atoms with Crippen LogP contribution in [0.2, 0.25) is 0 Å². The standard InChI is InChI=1S/C30H39N7O/c1-37(27-8-6-12-32-22-27)15-14-33-25-17-23-18-26(20-25)35-30-34-13-10-29(36-30)24-7-5-9-28(19-24)38-16-4-2-3-11-31-21-23/h2-3,5,7,9-10,13,17-20,27,31-33H,4,6,8,11-12,14-16,21-22H2,1H3,(H,34,35,36)/b3-2+. The minimum atomic E-state index is 0.568. The zero-order valence-electron chi connectivity index (χ0n) is 22.2. The monoisotopic (exact) mass is 513 g/mol. The predicted molar refractivity (Wildman–Crippen MR) is 155 cm³/mol. The lowest BCUT2D eigenvalue weighted by Crippen LogP contribution is -2.45. The highest BCUT2D eigenvalue weighted by Crippen LogP contribution is 2.25. The summed E-state index contributed by atoms with van der Waals surface area (Å²) in [6, 6.07) is 17.1. The molecule has 2 aromatic carbocycles. The van der Waals surface area contributed by atoms with E-state index in [-0.39, 0.29) is 0 Å². The van der Waals surface area contributed by atoms with Gasteiger partial charge in [0, 0.05) is 61.9 Å². The lowest BCUT2D eigenvalue weighted by molar-refractivity contribution is 0.210. The number of fused-ring (bicyclic) bond motifs is 7. The number of nitrogens with zero attached hydrogens (tertiary/aromatic N) is 3. The molecule has 0 spiro atoms. The highest BCUT2D eigenvalue weighted by Gasteiger charge is 2.17. The van der Waals surface area contributed by atoms with Crippen LogP contribution in [0.25, 0.3) is 11.3 Å². The normalized spacial score (nSPS) is 18.9. The SMILES string of the molecule is CN(CCNc1cc2cc(c1)Nc1nccc(n1)-c1cccc(c1)OCC/C=C/CNC2)C1CCCNC1. The predicted octanol–water partition coefficient (Wildman–Crippen LogP) is 4.41. The molecule has 3 heterocycles. The number of anilines is 3. The number of likely N-dealkylation sites (N-methyl/N-ethyl adjacent to an activating group) is 1. The number of piperidine rings is 1. The minimum Gasteiger partial charge on any atom is -0.493 e. The van der Waals surface area contributed by atoms with Gasteiger partial charge in [0.25, 0.3) is 0 Å². The Morgan fingerprint density at radius 3 is 3.00 bits per heavy atom. The molecular weight excluding hydrogens is 474 g/mol. The van der Waals surface area contributed by atoms with Gasteiger partial charge in [-0.3, -0.25) is 0 Å². The van der Waals surface area contributed by atoms with E-state index in [1.807, 2.05) is 30.3 Å². The van der Waals surface area contributed by atoms with Gasteiger partial charge in [-0.15, -0.1) is 0 Å². The van der Waals surface area contributed by atoms with E-state index in [1.54, 1.807) is 6.20 Å².